The Morgan fingerprint density at radius 3 is 1.91 bits per heavy atom. The molecule has 1 aliphatic heterocycles. The summed E-state index contributed by atoms with van der Waals surface area (Å²) in [5.74, 6) is 1.46. The van der Waals surface area contributed by atoms with Gasteiger partial charge in [-0.2, -0.15) is 5.10 Å². The molecule has 5 heteroatoms. The number of nitrogens with zero attached hydrogens (tertiary/aromatic N) is 2. The molecule has 0 amide bonds. The molecule has 0 spiro atoms. The molecule has 1 saturated heterocycles. The van der Waals surface area contributed by atoms with Crippen molar-refractivity contribution in [3.8, 4) is 11.5 Å². The first-order chi connectivity index (χ1) is 15.7. The zero-order valence-corrected chi connectivity index (χ0v) is 19.1. The smallest absolute Gasteiger partial charge is 0.161 e. The van der Waals surface area contributed by atoms with E-state index in [2.05, 4.69) is 72.6 Å². The van der Waals surface area contributed by atoms with Crippen molar-refractivity contribution in [3.63, 3.8) is 0 Å². The van der Waals surface area contributed by atoms with Crippen LogP contribution < -0.4 is 14.4 Å². The maximum Gasteiger partial charge on any atom is 0.161 e. The highest BCUT2D eigenvalue weighted by Gasteiger charge is 2.29. The molecule has 0 unspecified atom stereocenters. The number of nitrogens with one attached hydrogen (secondary N) is 1. The zero-order chi connectivity index (χ0) is 22.3. The third-order valence-electron chi connectivity index (χ3n) is 6.15. The predicted octanol–water partition coefficient (Wildman–Crippen LogP) is 3.42. The summed E-state index contributed by atoms with van der Waals surface area (Å²) in [6.07, 6.45) is 0. The second kappa shape index (κ2) is 10.3. The number of hydrogen-bond acceptors (Lipinski definition) is 4. The standard InChI is InChI=1S/C27H31N3O2/c1-21(24-14-15-25(31-2)26(20-24)32-3)28-30-18-16-29(17-19-30)27(22-10-6-4-7-11-22)23-12-8-5-9-13-23/h4-15,20,27H,16-19H2,1-3H3/p+1/b28-21+. The second-order valence-electron chi connectivity index (χ2n) is 8.12. The molecule has 4 rings (SSSR count). The van der Waals surface area contributed by atoms with Gasteiger partial charge in [0.2, 0.25) is 0 Å². The lowest BCUT2D eigenvalue weighted by molar-refractivity contribution is -0.929. The number of rotatable bonds is 7. The van der Waals surface area contributed by atoms with Crippen molar-refractivity contribution in [2.75, 3.05) is 40.4 Å². The third-order valence-corrected chi connectivity index (χ3v) is 6.15. The highest BCUT2D eigenvalue weighted by molar-refractivity contribution is 5.99. The molecule has 0 radical (unpaired) electrons. The van der Waals surface area contributed by atoms with E-state index in [-0.39, 0.29) is 0 Å². The summed E-state index contributed by atoms with van der Waals surface area (Å²) in [7, 11) is 3.31. The lowest BCUT2D eigenvalue weighted by Gasteiger charge is -2.36. The van der Waals surface area contributed by atoms with E-state index < -0.39 is 0 Å². The van der Waals surface area contributed by atoms with Crippen LogP contribution in [0.25, 0.3) is 0 Å². The van der Waals surface area contributed by atoms with Gasteiger partial charge >= 0.3 is 0 Å². The minimum absolute atomic E-state index is 0.343. The number of benzene rings is 3. The molecule has 0 aliphatic carbocycles. The lowest BCUT2D eigenvalue weighted by Crippen LogP contribution is -3.15. The van der Waals surface area contributed by atoms with Crippen molar-refractivity contribution in [2.24, 2.45) is 5.10 Å². The summed E-state index contributed by atoms with van der Waals surface area (Å²) in [5.41, 5.74) is 4.76. The molecular weight excluding hydrogens is 398 g/mol. The van der Waals surface area contributed by atoms with Crippen molar-refractivity contribution < 1.29 is 14.4 Å². The third kappa shape index (κ3) is 4.94. The highest BCUT2D eigenvalue weighted by Crippen LogP contribution is 2.28. The number of quaternary nitrogens is 1. The Morgan fingerprint density at radius 1 is 0.812 bits per heavy atom. The van der Waals surface area contributed by atoms with Gasteiger partial charge in [0.1, 0.15) is 6.04 Å². The van der Waals surface area contributed by atoms with Gasteiger partial charge in [-0.3, -0.25) is 5.01 Å². The fourth-order valence-corrected chi connectivity index (χ4v) is 4.46. The second-order valence-corrected chi connectivity index (χ2v) is 8.12. The quantitative estimate of drug-likeness (QED) is 0.584. The molecule has 32 heavy (non-hydrogen) atoms. The van der Waals surface area contributed by atoms with Gasteiger partial charge in [0.05, 0.1) is 46.1 Å². The van der Waals surface area contributed by atoms with E-state index in [0.717, 1.165) is 49.0 Å². The van der Waals surface area contributed by atoms with Crippen LogP contribution in [0, 0.1) is 0 Å². The van der Waals surface area contributed by atoms with Crippen LogP contribution in [-0.4, -0.2) is 51.1 Å². The van der Waals surface area contributed by atoms with Gasteiger partial charge in [0.15, 0.2) is 11.5 Å². The van der Waals surface area contributed by atoms with Crippen LogP contribution in [0.15, 0.2) is 84.0 Å². The Morgan fingerprint density at radius 2 is 1.38 bits per heavy atom. The van der Waals surface area contributed by atoms with Crippen LogP contribution in [-0.2, 0) is 0 Å². The molecule has 0 aromatic heterocycles. The molecule has 3 aromatic rings. The lowest BCUT2D eigenvalue weighted by atomic mass is 9.96. The van der Waals surface area contributed by atoms with Crippen LogP contribution in [0.1, 0.15) is 29.7 Å². The van der Waals surface area contributed by atoms with Gasteiger partial charge in [-0.05, 0) is 25.1 Å². The Labute approximate surface area is 190 Å². The molecule has 3 aromatic carbocycles. The van der Waals surface area contributed by atoms with Crippen molar-refractivity contribution in [2.45, 2.75) is 13.0 Å². The van der Waals surface area contributed by atoms with Gasteiger partial charge < -0.3 is 14.4 Å². The van der Waals surface area contributed by atoms with E-state index in [1.165, 1.54) is 11.1 Å². The van der Waals surface area contributed by atoms with E-state index in [1.54, 1.807) is 19.1 Å². The summed E-state index contributed by atoms with van der Waals surface area (Å²) in [5, 5.41) is 7.11. The first kappa shape index (κ1) is 21.9. The summed E-state index contributed by atoms with van der Waals surface area (Å²) in [4.78, 5) is 1.58. The Hall–Kier alpha value is -3.31. The molecule has 0 saturated carbocycles. The van der Waals surface area contributed by atoms with Gasteiger partial charge in [-0.15, -0.1) is 0 Å². The van der Waals surface area contributed by atoms with Gasteiger partial charge in [0, 0.05) is 16.7 Å². The number of hydrogen-bond donors (Lipinski definition) is 1. The fraction of sp³-hybridized carbons (Fsp3) is 0.296. The van der Waals surface area contributed by atoms with E-state index in [9.17, 15) is 0 Å². The van der Waals surface area contributed by atoms with Crippen LogP contribution in [0.4, 0.5) is 0 Å². The fourth-order valence-electron chi connectivity index (χ4n) is 4.46. The minimum Gasteiger partial charge on any atom is -0.493 e. The number of ether oxygens (including phenoxy) is 2. The van der Waals surface area contributed by atoms with E-state index in [1.807, 2.05) is 18.2 Å². The van der Waals surface area contributed by atoms with Crippen LogP contribution in [0.2, 0.25) is 0 Å². The molecule has 1 N–H and O–H groups in total. The van der Waals surface area contributed by atoms with Gasteiger partial charge in [-0.1, -0.05) is 60.7 Å². The normalized spacial score (nSPS) is 15.1. The minimum atomic E-state index is 0.343. The largest absolute Gasteiger partial charge is 0.493 e. The zero-order valence-electron chi connectivity index (χ0n) is 19.1. The summed E-state index contributed by atoms with van der Waals surface area (Å²) in [6, 6.07) is 28.0. The molecule has 166 valence electrons. The highest BCUT2D eigenvalue weighted by atomic mass is 16.5. The molecule has 1 fully saturated rings. The first-order valence-electron chi connectivity index (χ1n) is 11.2. The van der Waals surface area contributed by atoms with Crippen LogP contribution in [0.3, 0.4) is 0 Å². The van der Waals surface area contributed by atoms with Crippen molar-refractivity contribution >= 4 is 5.71 Å². The summed E-state index contributed by atoms with van der Waals surface area (Å²) in [6.45, 7) is 5.98. The molecule has 0 atom stereocenters. The van der Waals surface area contributed by atoms with Crippen molar-refractivity contribution in [1.82, 2.24) is 5.01 Å². The molecule has 0 bridgehead atoms. The average molecular weight is 431 g/mol. The Kier molecular flexibility index (Phi) is 7.07. The number of methoxy groups -OCH3 is 2. The van der Waals surface area contributed by atoms with Gasteiger partial charge in [0.25, 0.3) is 0 Å². The maximum absolute atomic E-state index is 5.44. The summed E-state index contributed by atoms with van der Waals surface area (Å²) >= 11 is 0. The van der Waals surface area contributed by atoms with Crippen LogP contribution >= 0.6 is 0 Å². The number of hydrazone groups is 1. The molecule has 1 aliphatic rings. The van der Waals surface area contributed by atoms with Gasteiger partial charge in [-0.25, -0.2) is 0 Å². The van der Waals surface area contributed by atoms with Crippen molar-refractivity contribution in [3.05, 3.63) is 95.6 Å². The monoisotopic (exact) mass is 430 g/mol. The topological polar surface area (TPSA) is 38.5 Å². The molecular formula is C27H32N3O2+. The summed E-state index contributed by atoms with van der Waals surface area (Å²) < 4.78 is 10.8. The Balaban J connectivity index is 1.48. The Bertz CT molecular complexity index is 990. The first-order valence-corrected chi connectivity index (χ1v) is 11.2. The SMILES string of the molecule is COc1ccc(/C(C)=N/N2CC[NH+](C(c3ccccc3)c3ccccc3)CC2)cc1OC. The van der Waals surface area contributed by atoms with Crippen LogP contribution in [0.5, 0.6) is 11.5 Å². The van der Waals surface area contributed by atoms with E-state index in [4.69, 9.17) is 14.6 Å². The predicted molar refractivity (Wildman–Crippen MR) is 129 cm³/mol. The van der Waals surface area contributed by atoms with E-state index >= 15 is 0 Å². The molecule has 1 heterocycles. The average Bonchev–Trinajstić information content (AvgIpc) is 2.86. The number of piperazine rings is 1. The maximum atomic E-state index is 5.44. The molecule has 5 nitrogen and oxygen atoms in total. The van der Waals surface area contributed by atoms with E-state index in [0.29, 0.717) is 6.04 Å². The van der Waals surface area contributed by atoms with Crippen molar-refractivity contribution in [1.29, 1.82) is 0 Å².